The van der Waals surface area contributed by atoms with Gasteiger partial charge < -0.3 is 10.3 Å². The van der Waals surface area contributed by atoms with Crippen LogP contribution in [0, 0.1) is 0 Å². The number of H-pyrrole nitrogens is 1. The van der Waals surface area contributed by atoms with Crippen LogP contribution in [0.15, 0.2) is 89.9 Å². The molecule has 2 N–H and O–H groups in total. The van der Waals surface area contributed by atoms with Gasteiger partial charge in [0.25, 0.3) is 11.5 Å². The van der Waals surface area contributed by atoms with Crippen molar-refractivity contribution in [3.05, 3.63) is 112 Å². The van der Waals surface area contributed by atoms with E-state index in [9.17, 15) is 9.59 Å². The van der Waals surface area contributed by atoms with Crippen molar-refractivity contribution in [2.24, 2.45) is 0 Å². The molecule has 0 aliphatic carbocycles. The van der Waals surface area contributed by atoms with E-state index in [0.717, 1.165) is 16.8 Å². The highest BCUT2D eigenvalue weighted by Gasteiger charge is 2.17. The van der Waals surface area contributed by atoms with E-state index in [-0.39, 0.29) is 11.5 Å². The largest absolute Gasteiger partial charge is 0.322 e. The Hall–Kier alpha value is -4.19. The number of aromatic nitrogens is 3. The predicted octanol–water partition coefficient (Wildman–Crippen LogP) is 4.02. The standard InChI is InChI=1S/C24H18N4O2/c29-23-18-11-5-7-13-21(18)28-22(27-23)19(15-25-28)24(30)26-20-12-6-4-10-17(20)14-16-8-2-1-3-9-16/h1-13,15H,14H2,(H,26,30)(H,27,29). The van der Waals surface area contributed by atoms with Crippen LogP contribution in [0.25, 0.3) is 16.6 Å². The Balaban J connectivity index is 1.51. The number of carbonyl (C=O) groups excluding carboxylic acids is 1. The maximum Gasteiger partial charge on any atom is 0.261 e. The summed E-state index contributed by atoms with van der Waals surface area (Å²) in [6, 6.07) is 25.0. The average Bonchev–Trinajstić information content (AvgIpc) is 3.20. The van der Waals surface area contributed by atoms with Gasteiger partial charge in [-0.25, -0.2) is 4.52 Å². The molecule has 3 aromatic carbocycles. The van der Waals surface area contributed by atoms with Crippen molar-refractivity contribution in [1.82, 2.24) is 14.6 Å². The number of hydrogen-bond donors (Lipinski definition) is 2. The van der Waals surface area contributed by atoms with Gasteiger partial charge in [-0.05, 0) is 35.7 Å². The fourth-order valence-electron chi connectivity index (χ4n) is 3.64. The molecule has 0 aliphatic heterocycles. The molecule has 5 aromatic rings. The highest BCUT2D eigenvalue weighted by atomic mass is 16.2. The number of fused-ring (bicyclic) bond motifs is 3. The Morgan fingerprint density at radius 3 is 2.53 bits per heavy atom. The highest BCUT2D eigenvalue weighted by molar-refractivity contribution is 6.08. The molecule has 5 rings (SSSR count). The van der Waals surface area contributed by atoms with E-state index in [1.54, 1.807) is 22.7 Å². The van der Waals surface area contributed by atoms with Crippen molar-refractivity contribution < 1.29 is 4.79 Å². The molecule has 0 fully saturated rings. The third-order valence-electron chi connectivity index (χ3n) is 5.13. The molecular formula is C24H18N4O2. The van der Waals surface area contributed by atoms with Gasteiger partial charge in [0.15, 0.2) is 0 Å². The minimum Gasteiger partial charge on any atom is -0.322 e. The van der Waals surface area contributed by atoms with Gasteiger partial charge in [-0.2, -0.15) is 5.10 Å². The number of amides is 1. The highest BCUT2D eigenvalue weighted by Crippen LogP contribution is 2.21. The fourth-order valence-corrected chi connectivity index (χ4v) is 3.64. The number of carbonyl (C=O) groups is 1. The second kappa shape index (κ2) is 7.33. The van der Waals surface area contributed by atoms with E-state index in [4.69, 9.17) is 0 Å². The molecule has 0 atom stereocenters. The van der Waals surface area contributed by atoms with Crippen LogP contribution in [0.5, 0.6) is 0 Å². The zero-order valence-electron chi connectivity index (χ0n) is 16.0. The van der Waals surface area contributed by atoms with Gasteiger partial charge in [0.05, 0.1) is 17.1 Å². The van der Waals surface area contributed by atoms with E-state index >= 15 is 0 Å². The molecule has 0 aliphatic rings. The lowest BCUT2D eigenvalue weighted by Gasteiger charge is -2.11. The summed E-state index contributed by atoms with van der Waals surface area (Å²) in [6.07, 6.45) is 2.18. The molecule has 0 bridgehead atoms. The van der Waals surface area contributed by atoms with Gasteiger partial charge in [0.1, 0.15) is 11.2 Å². The average molecular weight is 394 g/mol. The van der Waals surface area contributed by atoms with Crippen LogP contribution in [-0.2, 0) is 6.42 Å². The number of anilines is 1. The fraction of sp³-hybridized carbons (Fsp3) is 0.0417. The molecule has 0 saturated carbocycles. The third kappa shape index (κ3) is 3.14. The first-order chi connectivity index (χ1) is 14.7. The molecule has 2 aromatic heterocycles. The Morgan fingerprint density at radius 1 is 0.933 bits per heavy atom. The van der Waals surface area contributed by atoms with Gasteiger partial charge in [0, 0.05) is 5.69 Å². The number of nitrogens with one attached hydrogen (secondary N) is 2. The predicted molar refractivity (Wildman–Crippen MR) is 117 cm³/mol. The lowest BCUT2D eigenvalue weighted by atomic mass is 10.0. The summed E-state index contributed by atoms with van der Waals surface area (Å²) in [7, 11) is 0. The van der Waals surface area contributed by atoms with Gasteiger partial charge >= 0.3 is 0 Å². The molecule has 2 heterocycles. The quantitative estimate of drug-likeness (QED) is 0.483. The molecule has 6 nitrogen and oxygen atoms in total. The number of para-hydroxylation sites is 2. The zero-order valence-corrected chi connectivity index (χ0v) is 16.0. The summed E-state index contributed by atoms with van der Waals surface area (Å²) in [5, 5.41) is 7.83. The van der Waals surface area contributed by atoms with Crippen molar-refractivity contribution in [1.29, 1.82) is 0 Å². The minimum atomic E-state index is -0.323. The molecule has 1 amide bonds. The van der Waals surface area contributed by atoms with Crippen LogP contribution in [0.3, 0.4) is 0 Å². The lowest BCUT2D eigenvalue weighted by Crippen LogP contribution is -2.16. The molecule has 0 radical (unpaired) electrons. The number of aromatic amines is 1. The first-order valence-corrected chi connectivity index (χ1v) is 9.62. The molecule has 0 saturated heterocycles. The van der Waals surface area contributed by atoms with Gasteiger partial charge in [-0.15, -0.1) is 0 Å². The number of rotatable bonds is 4. The van der Waals surface area contributed by atoms with Crippen molar-refractivity contribution in [3.8, 4) is 0 Å². The summed E-state index contributed by atoms with van der Waals surface area (Å²) < 4.78 is 1.58. The van der Waals surface area contributed by atoms with E-state index in [0.29, 0.717) is 28.5 Å². The van der Waals surface area contributed by atoms with Crippen molar-refractivity contribution in [3.63, 3.8) is 0 Å². The van der Waals surface area contributed by atoms with Crippen molar-refractivity contribution >= 4 is 28.1 Å². The third-order valence-corrected chi connectivity index (χ3v) is 5.13. The van der Waals surface area contributed by atoms with Gasteiger partial charge in [0.2, 0.25) is 0 Å². The first-order valence-electron chi connectivity index (χ1n) is 9.62. The molecule has 30 heavy (non-hydrogen) atoms. The lowest BCUT2D eigenvalue weighted by molar-refractivity contribution is 0.102. The van der Waals surface area contributed by atoms with E-state index in [2.05, 4.69) is 27.5 Å². The zero-order chi connectivity index (χ0) is 20.5. The van der Waals surface area contributed by atoms with Crippen molar-refractivity contribution in [2.45, 2.75) is 6.42 Å². The van der Waals surface area contributed by atoms with Crippen LogP contribution in [-0.4, -0.2) is 20.5 Å². The molecule has 0 spiro atoms. The van der Waals surface area contributed by atoms with Gasteiger partial charge in [-0.1, -0.05) is 60.7 Å². The number of hydrogen-bond acceptors (Lipinski definition) is 3. The summed E-state index contributed by atoms with van der Waals surface area (Å²) in [6.45, 7) is 0. The number of nitrogens with zero attached hydrogens (tertiary/aromatic N) is 2. The summed E-state index contributed by atoms with van der Waals surface area (Å²) in [5.74, 6) is -0.323. The summed E-state index contributed by atoms with van der Waals surface area (Å²) in [4.78, 5) is 28.3. The Kier molecular flexibility index (Phi) is 4.37. The maximum atomic E-state index is 13.1. The summed E-state index contributed by atoms with van der Waals surface area (Å²) in [5.41, 5.74) is 3.98. The second-order valence-electron chi connectivity index (χ2n) is 7.06. The first kappa shape index (κ1) is 17.9. The van der Waals surface area contributed by atoms with Crippen LogP contribution < -0.4 is 10.9 Å². The van der Waals surface area contributed by atoms with Crippen LogP contribution >= 0.6 is 0 Å². The number of benzene rings is 3. The van der Waals surface area contributed by atoms with Gasteiger partial charge in [-0.3, -0.25) is 9.59 Å². The maximum absolute atomic E-state index is 13.1. The van der Waals surface area contributed by atoms with E-state index in [1.165, 1.54) is 6.20 Å². The van der Waals surface area contributed by atoms with E-state index < -0.39 is 0 Å². The monoisotopic (exact) mass is 394 g/mol. The molecule has 6 heteroatoms. The van der Waals surface area contributed by atoms with E-state index in [1.807, 2.05) is 48.5 Å². The minimum absolute atomic E-state index is 0.253. The Bertz CT molecular complexity index is 1430. The Morgan fingerprint density at radius 2 is 1.67 bits per heavy atom. The van der Waals surface area contributed by atoms with Crippen LogP contribution in [0.1, 0.15) is 21.5 Å². The Labute approximate surface area is 171 Å². The normalized spacial score (nSPS) is 11.1. The topological polar surface area (TPSA) is 79.3 Å². The molecular weight excluding hydrogens is 376 g/mol. The summed E-state index contributed by atoms with van der Waals surface area (Å²) >= 11 is 0. The van der Waals surface area contributed by atoms with Crippen molar-refractivity contribution in [2.75, 3.05) is 5.32 Å². The van der Waals surface area contributed by atoms with Crippen LogP contribution in [0.4, 0.5) is 5.69 Å². The second-order valence-corrected chi connectivity index (χ2v) is 7.06. The molecule has 0 unspecified atom stereocenters. The van der Waals surface area contributed by atoms with Crippen LogP contribution in [0.2, 0.25) is 0 Å². The SMILES string of the molecule is O=C(Nc1ccccc1Cc1ccccc1)c1cnn2c1[nH]c(=O)c1ccccc12. The molecule has 146 valence electrons. The smallest absolute Gasteiger partial charge is 0.261 e.